The molecule has 0 N–H and O–H groups in total. The third-order valence-electron chi connectivity index (χ3n) is 7.12. The first kappa shape index (κ1) is 22.8. The molecule has 1 heterocycles. The summed E-state index contributed by atoms with van der Waals surface area (Å²) in [5, 5.41) is 0. The smallest absolute Gasteiger partial charge is 0.328 e. The van der Waals surface area contributed by atoms with Gasteiger partial charge in [0.2, 0.25) is 5.78 Å². The summed E-state index contributed by atoms with van der Waals surface area (Å²) >= 11 is 0. The summed E-state index contributed by atoms with van der Waals surface area (Å²) in [5.74, 6) is -1.10. The van der Waals surface area contributed by atoms with Gasteiger partial charge in [-0.15, -0.1) is 0 Å². The van der Waals surface area contributed by atoms with Crippen LogP contribution in [0.5, 0.6) is 0 Å². The van der Waals surface area contributed by atoms with Gasteiger partial charge in [-0.05, 0) is 82.7 Å². The summed E-state index contributed by atoms with van der Waals surface area (Å²) in [7, 11) is -3.96. The molecule has 1 aromatic carbocycles. The Balaban J connectivity index is 1.56. The van der Waals surface area contributed by atoms with Crippen LogP contribution in [0.2, 0.25) is 0 Å². The van der Waals surface area contributed by atoms with E-state index in [9.17, 15) is 18.0 Å². The number of esters is 1. The molecule has 0 radical (unpaired) electrons. The highest BCUT2D eigenvalue weighted by atomic mass is 32.2. The highest BCUT2D eigenvalue weighted by molar-refractivity contribution is 7.93. The normalized spacial score (nSPS) is 18.0. The van der Waals surface area contributed by atoms with E-state index in [1.807, 2.05) is 33.8 Å². The number of benzene rings is 1. The van der Waals surface area contributed by atoms with Crippen LogP contribution in [0.4, 0.5) is 0 Å². The van der Waals surface area contributed by atoms with Crippen molar-refractivity contribution in [3.63, 3.8) is 0 Å². The number of hydrogen-bond donors (Lipinski definition) is 0. The molecule has 2 aliphatic carbocycles. The van der Waals surface area contributed by atoms with Crippen LogP contribution in [0.15, 0.2) is 29.2 Å². The molecule has 6 nitrogen and oxygen atoms in total. The average molecular weight is 458 g/mol. The van der Waals surface area contributed by atoms with Gasteiger partial charge in [0.05, 0.1) is 4.90 Å². The Kier molecular flexibility index (Phi) is 5.82. The molecule has 2 fully saturated rings. The maximum absolute atomic E-state index is 13.6. The van der Waals surface area contributed by atoms with Gasteiger partial charge in [0.15, 0.2) is 21.2 Å². The molecule has 0 saturated heterocycles. The Morgan fingerprint density at radius 2 is 1.69 bits per heavy atom. The predicted octanol–water partition coefficient (Wildman–Crippen LogP) is 4.57. The summed E-state index contributed by atoms with van der Waals surface area (Å²) in [6.45, 7) is 7.20. The van der Waals surface area contributed by atoms with Crippen LogP contribution in [-0.4, -0.2) is 36.1 Å². The second kappa shape index (κ2) is 8.18. The molecule has 0 spiro atoms. The second-order valence-electron chi connectivity index (χ2n) is 9.34. The van der Waals surface area contributed by atoms with Gasteiger partial charge in [0.1, 0.15) is 0 Å². The van der Waals surface area contributed by atoms with Crippen LogP contribution in [0.25, 0.3) is 0 Å². The third-order valence-corrected chi connectivity index (χ3v) is 9.60. The standard InChI is InChI=1S/C25H31NO5S/c1-16-7-10-21(13-17(16)2)32(29,30)25(11-5-6-12-25)24(28)31-15-23(27)22-14-18(3)26(19(22)4)20-8-9-20/h7,10,13-14,20H,5-6,8-9,11-12,15H2,1-4H3. The van der Waals surface area contributed by atoms with E-state index in [0.717, 1.165) is 35.4 Å². The monoisotopic (exact) mass is 457 g/mol. The zero-order chi connectivity index (χ0) is 23.3. The van der Waals surface area contributed by atoms with Crippen molar-refractivity contribution in [2.24, 2.45) is 0 Å². The largest absolute Gasteiger partial charge is 0.456 e. The maximum Gasteiger partial charge on any atom is 0.328 e. The highest BCUT2D eigenvalue weighted by Gasteiger charge is 2.54. The van der Waals surface area contributed by atoms with Gasteiger partial charge in [0.25, 0.3) is 0 Å². The van der Waals surface area contributed by atoms with Crippen molar-refractivity contribution in [2.75, 3.05) is 6.61 Å². The molecule has 0 atom stereocenters. The molecule has 2 aliphatic rings. The molecular formula is C25H31NO5S. The second-order valence-corrected chi connectivity index (χ2v) is 11.6. The van der Waals surface area contributed by atoms with Gasteiger partial charge >= 0.3 is 5.97 Å². The first-order valence-corrected chi connectivity index (χ1v) is 12.8. The molecule has 0 unspecified atom stereocenters. The molecule has 0 amide bonds. The van der Waals surface area contributed by atoms with Crippen molar-refractivity contribution in [3.8, 4) is 0 Å². The lowest BCUT2D eigenvalue weighted by Gasteiger charge is -2.26. The van der Waals surface area contributed by atoms with Crippen LogP contribution < -0.4 is 0 Å². The van der Waals surface area contributed by atoms with Gasteiger partial charge in [-0.1, -0.05) is 18.9 Å². The first-order valence-electron chi connectivity index (χ1n) is 11.3. The molecule has 2 saturated carbocycles. The lowest BCUT2D eigenvalue weighted by molar-refractivity contribution is -0.145. The van der Waals surface area contributed by atoms with Gasteiger partial charge in [-0.3, -0.25) is 9.59 Å². The van der Waals surface area contributed by atoms with Crippen LogP contribution in [0.1, 0.15) is 77.4 Å². The van der Waals surface area contributed by atoms with E-state index in [0.29, 0.717) is 24.4 Å². The van der Waals surface area contributed by atoms with Crippen molar-refractivity contribution < 1.29 is 22.7 Å². The van der Waals surface area contributed by atoms with E-state index in [1.54, 1.807) is 18.2 Å². The number of rotatable bonds is 7. The quantitative estimate of drug-likeness (QED) is 0.449. The fraction of sp³-hybridized carbons (Fsp3) is 0.520. The maximum atomic E-state index is 13.6. The molecular weight excluding hydrogens is 426 g/mol. The summed E-state index contributed by atoms with van der Waals surface area (Å²) in [4.78, 5) is 26.2. The zero-order valence-electron chi connectivity index (χ0n) is 19.2. The van der Waals surface area contributed by atoms with Crippen molar-refractivity contribution in [1.82, 2.24) is 4.57 Å². The molecule has 2 aromatic rings. The minimum atomic E-state index is -3.96. The van der Waals surface area contributed by atoms with E-state index in [1.165, 1.54) is 0 Å². The summed E-state index contributed by atoms with van der Waals surface area (Å²) in [5.41, 5.74) is 4.28. The Bertz CT molecular complexity index is 1180. The lowest BCUT2D eigenvalue weighted by Crippen LogP contribution is -2.45. The molecule has 172 valence electrons. The van der Waals surface area contributed by atoms with Gasteiger partial charge in [-0.25, -0.2) is 8.42 Å². The average Bonchev–Trinajstić information content (AvgIpc) is 3.34. The number of carbonyl (C=O) groups excluding carboxylic acids is 2. The van der Waals surface area contributed by atoms with E-state index in [4.69, 9.17) is 4.74 Å². The van der Waals surface area contributed by atoms with E-state index < -0.39 is 27.2 Å². The fourth-order valence-corrected chi connectivity index (χ4v) is 7.06. The minimum absolute atomic E-state index is 0.138. The Morgan fingerprint density at radius 3 is 2.28 bits per heavy atom. The molecule has 4 rings (SSSR count). The lowest BCUT2D eigenvalue weighted by atomic mass is 10.1. The zero-order valence-corrected chi connectivity index (χ0v) is 20.0. The summed E-state index contributed by atoms with van der Waals surface area (Å²) in [6.07, 6.45) is 3.91. The van der Waals surface area contributed by atoms with Gasteiger partial charge in [0, 0.05) is 23.0 Å². The molecule has 32 heavy (non-hydrogen) atoms. The highest BCUT2D eigenvalue weighted by Crippen LogP contribution is 2.42. The minimum Gasteiger partial charge on any atom is -0.456 e. The predicted molar refractivity (Wildman–Crippen MR) is 122 cm³/mol. The van der Waals surface area contributed by atoms with Crippen molar-refractivity contribution >= 4 is 21.6 Å². The Hall–Kier alpha value is -2.41. The summed E-state index contributed by atoms with van der Waals surface area (Å²) < 4.78 is 33.1. The van der Waals surface area contributed by atoms with E-state index in [-0.39, 0.29) is 23.5 Å². The van der Waals surface area contributed by atoms with Crippen molar-refractivity contribution in [2.45, 2.75) is 81.9 Å². The van der Waals surface area contributed by atoms with Crippen LogP contribution in [-0.2, 0) is 19.4 Å². The van der Waals surface area contributed by atoms with Crippen molar-refractivity contribution in [3.05, 3.63) is 52.3 Å². The van der Waals surface area contributed by atoms with E-state index >= 15 is 0 Å². The number of nitrogens with zero attached hydrogens (tertiary/aromatic N) is 1. The fourth-order valence-electron chi connectivity index (χ4n) is 4.93. The molecule has 0 aliphatic heterocycles. The summed E-state index contributed by atoms with van der Waals surface area (Å²) in [6, 6.07) is 7.22. The molecule has 0 bridgehead atoms. The van der Waals surface area contributed by atoms with Crippen LogP contribution >= 0.6 is 0 Å². The van der Waals surface area contributed by atoms with Gasteiger partial charge < -0.3 is 9.30 Å². The number of aryl methyl sites for hydroxylation is 3. The molecule has 7 heteroatoms. The van der Waals surface area contributed by atoms with Crippen molar-refractivity contribution in [1.29, 1.82) is 0 Å². The number of aromatic nitrogens is 1. The SMILES string of the molecule is Cc1ccc(S(=O)(=O)C2(C(=O)OCC(=O)c3cc(C)n(C4CC4)c3C)CCCC2)cc1C. The Labute approximate surface area is 189 Å². The number of ether oxygens (including phenoxy) is 1. The number of hydrogen-bond acceptors (Lipinski definition) is 5. The van der Waals surface area contributed by atoms with Crippen LogP contribution in [0.3, 0.4) is 0 Å². The number of sulfone groups is 1. The van der Waals surface area contributed by atoms with Crippen LogP contribution in [0, 0.1) is 27.7 Å². The third kappa shape index (κ3) is 3.70. The van der Waals surface area contributed by atoms with E-state index in [2.05, 4.69) is 4.57 Å². The number of Topliss-reactive ketones (excluding diaryl/α,β-unsaturated/α-hetero) is 1. The number of carbonyl (C=O) groups is 2. The Morgan fingerprint density at radius 1 is 1.03 bits per heavy atom. The molecule has 1 aromatic heterocycles. The first-order chi connectivity index (χ1) is 15.1. The topological polar surface area (TPSA) is 82.4 Å². The van der Waals surface area contributed by atoms with Gasteiger partial charge in [-0.2, -0.15) is 0 Å². The number of ketones is 1.